The first-order valence-corrected chi connectivity index (χ1v) is 8.89. The zero-order valence-corrected chi connectivity index (χ0v) is 14.8. The van der Waals surface area contributed by atoms with Gasteiger partial charge in [0.2, 0.25) is 5.95 Å². The summed E-state index contributed by atoms with van der Waals surface area (Å²) in [5, 5.41) is 2.76. The Morgan fingerprint density at radius 3 is 2.15 bits per heavy atom. The van der Waals surface area contributed by atoms with Crippen LogP contribution in [0.4, 0.5) is 17.3 Å². The first-order valence-electron chi connectivity index (χ1n) is 8.89. The second-order valence-corrected chi connectivity index (χ2v) is 6.25. The maximum Gasteiger partial charge on any atom is 0.274 e. The highest BCUT2D eigenvalue weighted by Gasteiger charge is 2.19. The van der Waals surface area contributed by atoms with Gasteiger partial charge in [-0.1, -0.05) is 24.3 Å². The van der Waals surface area contributed by atoms with Crippen LogP contribution in [0.1, 0.15) is 10.5 Å². The molecule has 1 aliphatic rings. The van der Waals surface area contributed by atoms with Crippen molar-refractivity contribution in [3.63, 3.8) is 0 Å². The van der Waals surface area contributed by atoms with Crippen LogP contribution in [-0.2, 0) is 0 Å². The highest BCUT2D eigenvalue weighted by Crippen LogP contribution is 2.18. The van der Waals surface area contributed by atoms with Crippen molar-refractivity contribution in [2.75, 3.05) is 41.3 Å². The third-order valence-electron chi connectivity index (χ3n) is 4.48. The Balaban J connectivity index is 1.35. The Morgan fingerprint density at radius 2 is 1.48 bits per heavy atom. The molecule has 7 nitrogen and oxygen atoms in total. The predicted octanol–water partition coefficient (Wildman–Crippen LogP) is 2.45. The topological polar surface area (TPSA) is 74.2 Å². The molecule has 1 fully saturated rings. The highest BCUT2D eigenvalue weighted by atomic mass is 16.1. The lowest BCUT2D eigenvalue weighted by molar-refractivity contribution is 0.102. The summed E-state index contributed by atoms with van der Waals surface area (Å²) in [4.78, 5) is 29.5. The maximum absolute atomic E-state index is 12.1. The molecule has 0 spiro atoms. The molecule has 0 unspecified atom stereocenters. The first kappa shape index (κ1) is 17.0. The van der Waals surface area contributed by atoms with Crippen molar-refractivity contribution in [3.05, 3.63) is 72.8 Å². The molecule has 1 N–H and O–H groups in total. The van der Waals surface area contributed by atoms with Crippen molar-refractivity contribution < 1.29 is 4.79 Å². The van der Waals surface area contributed by atoms with Crippen LogP contribution in [0, 0.1) is 0 Å². The van der Waals surface area contributed by atoms with E-state index in [1.165, 1.54) is 5.69 Å². The number of amides is 1. The average molecular weight is 360 g/mol. The van der Waals surface area contributed by atoms with E-state index >= 15 is 0 Å². The number of carbonyl (C=O) groups excluding carboxylic acids is 1. The number of hydrogen-bond donors (Lipinski definition) is 1. The van der Waals surface area contributed by atoms with E-state index in [1.54, 1.807) is 36.8 Å². The summed E-state index contributed by atoms with van der Waals surface area (Å²) < 4.78 is 0. The van der Waals surface area contributed by atoms with E-state index in [-0.39, 0.29) is 5.91 Å². The summed E-state index contributed by atoms with van der Waals surface area (Å²) in [5.74, 6) is 0.405. The molecular weight excluding hydrogens is 340 g/mol. The van der Waals surface area contributed by atoms with Crippen molar-refractivity contribution in [3.8, 4) is 0 Å². The zero-order chi connectivity index (χ0) is 18.5. The molecular formula is C20H20N6O. The molecule has 7 heteroatoms. The van der Waals surface area contributed by atoms with Gasteiger partial charge in [0, 0.05) is 38.1 Å². The third kappa shape index (κ3) is 4.03. The molecule has 3 heterocycles. The van der Waals surface area contributed by atoms with Gasteiger partial charge in [-0.05, 0) is 24.3 Å². The lowest BCUT2D eigenvalue weighted by Crippen LogP contribution is -2.47. The van der Waals surface area contributed by atoms with E-state index in [9.17, 15) is 4.79 Å². The molecule has 2 aromatic heterocycles. The van der Waals surface area contributed by atoms with Crippen molar-refractivity contribution in [1.82, 2.24) is 15.0 Å². The quantitative estimate of drug-likeness (QED) is 0.770. The largest absolute Gasteiger partial charge is 0.368 e. The maximum atomic E-state index is 12.1. The standard InChI is InChI=1S/C20H20N6O/c27-19(18-8-4-5-9-21-18)24-16-14-22-20(23-15-16)26-12-10-25(11-13-26)17-6-2-1-3-7-17/h1-9,14-15H,10-13H2,(H,24,27). The van der Waals surface area contributed by atoms with E-state index in [1.807, 2.05) is 6.07 Å². The second-order valence-electron chi connectivity index (χ2n) is 6.25. The van der Waals surface area contributed by atoms with Crippen LogP contribution in [-0.4, -0.2) is 47.0 Å². The average Bonchev–Trinajstić information content (AvgIpc) is 2.76. The Labute approximate surface area is 157 Å². The van der Waals surface area contributed by atoms with Gasteiger partial charge < -0.3 is 15.1 Å². The van der Waals surface area contributed by atoms with E-state index in [0.717, 1.165) is 26.2 Å². The van der Waals surface area contributed by atoms with Crippen LogP contribution < -0.4 is 15.1 Å². The minimum absolute atomic E-state index is 0.275. The number of pyridine rings is 1. The van der Waals surface area contributed by atoms with Crippen LogP contribution in [0.2, 0.25) is 0 Å². The first-order chi connectivity index (χ1) is 13.3. The van der Waals surface area contributed by atoms with Crippen molar-refractivity contribution in [2.45, 2.75) is 0 Å². The number of anilines is 3. The zero-order valence-electron chi connectivity index (χ0n) is 14.8. The van der Waals surface area contributed by atoms with Gasteiger partial charge in [-0.25, -0.2) is 9.97 Å². The molecule has 3 aromatic rings. The van der Waals surface area contributed by atoms with Gasteiger partial charge in [0.05, 0.1) is 18.1 Å². The van der Waals surface area contributed by atoms with Gasteiger partial charge in [-0.3, -0.25) is 9.78 Å². The Morgan fingerprint density at radius 1 is 0.815 bits per heavy atom. The number of benzene rings is 1. The molecule has 0 atom stereocenters. The van der Waals surface area contributed by atoms with Crippen LogP contribution in [0.15, 0.2) is 67.1 Å². The molecule has 27 heavy (non-hydrogen) atoms. The summed E-state index contributed by atoms with van der Waals surface area (Å²) in [6.07, 6.45) is 4.85. The van der Waals surface area contributed by atoms with Crippen molar-refractivity contribution in [2.24, 2.45) is 0 Å². The fourth-order valence-corrected chi connectivity index (χ4v) is 3.04. The monoisotopic (exact) mass is 360 g/mol. The van der Waals surface area contributed by atoms with Crippen LogP contribution >= 0.6 is 0 Å². The molecule has 0 saturated carbocycles. The van der Waals surface area contributed by atoms with E-state index < -0.39 is 0 Å². The van der Waals surface area contributed by atoms with E-state index in [0.29, 0.717) is 17.3 Å². The van der Waals surface area contributed by atoms with Crippen LogP contribution in [0.5, 0.6) is 0 Å². The number of para-hydroxylation sites is 1. The number of nitrogens with zero attached hydrogens (tertiary/aromatic N) is 5. The summed E-state index contributed by atoms with van der Waals surface area (Å²) in [6, 6.07) is 15.6. The van der Waals surface area contributed by atoms with E-state index in [2.05, 4.69) is 54.3 Å². The molecule has 4 rings (SSSR count). The van der Waals surface area contributed by atoms with Gasteiger partial charge in [-0.15, -0.1) is 0 Å². The smallest absolute Gasteiger partial charge is 0.274 e. The fraction of sp³-hybridized carbons (Fsp3) is 0.200. The predicted molar refractivity (Wildman–Crippen MR) is 105 cm³/mol. The van der Waals surface area contributed by atoms with Gasteiger partial charge in [0.1, 0.15) is 5.69 Å². The molecule has 0 bridgehead atoms. The fourth-order valence-electron chi connectivity index (χ4n) is 3.04. The molecule has 1 aromatic carbocycles. The van der Waals surface area contributed by atoms with Crippen LogP contribution in [0.25, 0.3) is 0 Å². The molecule has 1 saturated heterocycles. The number of nitrogens with one attached hydrogen (secondary N) is 1. The van der Waals surface area contributed by atoms with Gasteiger partial charge in [0.25, 0.3) is 5.91 Å². The minimum Gasteiger partial charge on any atom is -0.368 e. The summed E-state index contributed by atoms with van der Waals surface area (Å²) in [7, 11) is 0. The third-order valence-corrected chi connectivity index (χ3v) is 4.48. The number of rotatable bonds is 4. The minimum atomic E-state index is -0.275. The van der Waals surface area contributed by atoms with Gasteiger partial charge in [0.15, 0.2) is 0 Å². The number of aromatic nitrogens is 3. The van der Waals surface area contributed by atoms with Crippen molar-refractivity contribution >= 4 is 23.2 Å². The van der Waals surface area contributed by atoms with Gasteiger partial charge in [-0.2, -0.15) is 0 Å². The Kier molecular flexibility index (Phi) is 4.91. The number of carbonyl (C=O) groups is 1. The second kappa shape index (κ2) is 7.82. The summed E-state index contributed by atoms with van der Waals surface area (Å²) >= 11 is 0. The Bertz CT molecular complexity index is 877. The molecule has 136 valence electrons. The van der Waals surface area contributed by atoms with Gasteiger partial charge >= 0.3 is 0 Å². The number of hydrogen-bond acceptors (Lipinski definition) is 6. The van der Waals surface area contributed by atoms with Crippen molar-refractivity contribution in [1.29, 1.82) is 0 Å². The summed E-state index contributed by atoms with van der Waals surface area (Å²) in [5.41, 5.74) is 2.15. The highest BCUT2D eigenvalue weighted by molar-refractivity contribution is 6.02. The lowest BCUT2D eigenvalue weighted by Gasteiger charge is -2.36. The number of piperazine rings is 1. The molecule has 1 aliphatic heterocycles. The SMILES string of the molecule is O=C(Nc1cnc(N2CCN(c3ccccc3)CC2)nc1)c1ccccn1. The van der Waals surface area contributed by atoms with E-state index in [4.69, 9.17) is 0 Å². The Hall–Kier alpha value is -3.48. The van der Waals surface area contributed by atoms with Crippen LogP contribution in [0.3, 0.4) is 0 Å². The normalized spacial score (nSPS) is 14.1. The molecule has 1 amide bonds. The molecule has 0 aliphatic carbocycles. The summed E-state index contributed by atoms with van der Waals surface area (Å²) in [6.45, 7) is 3.56. The lowest BCUT2D eigenvalue weighted by atomic mass is 10.2. The molecule has 0 radical (unpaired) electrons.